The topological polar surface area (TPSA) is 96.2 Å². The molecule has 29 heavy (non-hydrogen) atoms. The van der Waals surface area contributed by atoms with E-state index in [1.165, 1.54) is 25.7 Å². The minimum absolute atomic E-state index is 0.228. The van der Waals surface area contributed by atoms with Crippen LogP contribution < -0.4 is 10.2 Å². The van der Waals surface area contributed by atoms with Crippen molar-refractivity contribution in [2.75, 3.05) is 24.5 Å². The van der Waals surface area contributed by atoms with Crippen molar-refractivity contribution >= 4 is 22.8 Å². The molecule has 152 valence electrons. The Morgan fingerprint density at radius 2 is 2.21 bits per heavy atom. The Morgan fingerprint density at radius 1 is 1.31 bits per heavy atom. The summed E-state index contributed by atoms with van der Waals surface area (Å²) in [6.07, 6.45) is 10.9. The molecule has 3 unspecified atom stereocenters. The molecule has 0 spiro atoms. The lowest BCUT2D eigenvalue weighted by Gasteiger charge is -2.42. The van der Waals surface area contributed by atoms with Crippen molar-refractivity contribution in [1.82, 2.24) is 25.2 Å². The van der Waals surface area contributed by atoms with Crippen molar-refractivity contribution in [3.63, 3.8) is 0 Å². The summed E-state index contributed by atoms with van der Waals surface area (Å²) in [5.74, 6) is 3.29. The third-order valence-corrected chi connectivity index (χ3v) is 7.00. The first-order valence-corrected chi connectivity index (χ1v) is 10.7. The van der Waals surface area contributed by atoms with E-state index >= 15 is 0 Å². The SMILES string of the molecule is Cc1c[nH]c2ncnc(N3CCN(C(=NC4CC5CCC4C5)NC#N)[C@@H](C)C3)c12. The van der Waals surface area contributed by atoms with Gasteiger partial charge in [-0.25, -0.2) is 15.0 Å². The zero-order valence-corrected chi connectivity index (χ0v) is 17.1. The van der Waals surface area contributed by atoms with E-state index in [4.69, 9.17) is 4.99 Å². The van der Waals surface area contributed by atoms with Crippen LogP contribution in [0.5, 0.6) is 0 Å². The Hall–Kier alpha value is -2.82. The van der Waals surface area contributed by atoms with E-state index in [0.29, 0.717) is 12.0 Å². The molecule has 2 bridgehead atoms. The third-order valence-electron chi connectivity index (χ3n) is 7.00. The normalized spacial score (nSPS) is 29.5. The van der Waals surface area contributed by atoms with Gasteiger partial charge in [0.25, 0.3) is 0 Å². The third kappa shape index (κ3) is 3.18. The molecule has 2 aliphatic carbocycles. The lowest BCUT2D eigenvalue weighted by Crippen LogP contribution is -2.57. The molecule has 1 aliphatic heterocycles. The highest BCUT2D eigenvalue weighted by molar-refractivity contribution is 5.90. The van der Waals surface area contributed by atoms with E-state index in [-0.39, 0.29) is 6.04 Å². The van der Waals surface area contributed by atoms with Gasteiger partial charge in [0.1, 0.15) is 17.8 Å². The molecule has 3 heterocycles. The monoisotopic (exact) mass is 392 g/mol. The summed E-state index contributed by atoms with van der Waals surface area (Å²) < 4.78 is 0. The minimum atomic E-state index is 0.228. The van der Waals surface area contributed by atoms with Gasteiger partial charge < -0.3 is 14.8 Å². The fourth-order valence-electron chi connectivity index (χ4n) is 5.56. The molecule has 2 aromatic rings. The van der Waals surface area contributed by atoms with Crippen molar-refractivity contribution in [2.45, 2.75) is 51.6 Å². The first kappa shape index (κ1) is 18.2. The van der Waals surface area contributed by atoms with Crippen LogP contribution in [0.4, 0.5) is 5.82 Å². The van der Waals surface area contributed by atoms with Crippen LogP contribution in [0.25, 0.3) is 11.0 Å². The molecule has 4 atom stereocenters. The van der Waals surface area contributed by atoms with Gasteiger partial charge in [0.05, 0.1) is 11.4 Å². The molecule has 3 aliphatic rings. The Kier molecular flexibility index (Phi) is 4.53. The number of piperazine rings is 1. The molecular formula is C21H28N8. The van der Waals surface area contributed by atoms with Crippen LogP contribution in [-0.2, 0) is 0 Å². The highest BCUT2D eigenvalue weighted by Crippen LogP contribution is 2.46. The molecule has 0 amide bonds. The summed E-state index contributed by atoms with van der Waals surface area (Å²) in [4.78, 5) is 21.8. The molecule has 3 fully saturated rings. The fraction of sp³-hybridized carbons (Fsp3) is 0.619. The molecule has 2 aromatic heterocycles. The van der Waals surface area contributed by atoms with Crippen molar-refractivity contribution in [3.8, 4) is 6.19 Å². The van der Waals surface area contributed by atoms with E-state index in [1.54, 1.807) is 6.33 Å². The van der Waals surface area contributed by atoms with Gasteiger partial charge in [-0.15, -0.1) is 0 Å². The number of rotatable bonds is 2. The summed E-state index contributed by atoms with van der Waals surface area (Å²) in [6.45, 7) is 6.76. The highest BCUT2D eigenvalue weighted by Gasteiger charge is 2.40. The van der Waals surface area contributed by atoms with E-state index in [0.717, 1.165) is 53.9 Å². The number of nitrogens with one attached hydrogen (secondary N) is 2. The molecule has 2 N–H and O–H groups in total. The smallest absolute Gasteiger partial charge is 0.208 e. The number of aromatic amines is 1. The molecule has 1 saturated heterocycles. The van der Waals surface area contributed by atoms with Gasteiger partial charge in [0.2, 0.25) is 5.96 Å². The summed E-state index contributed by atoms with van der Waals surface area (Å²) >= 11 is 0. The van der Waals surface area contributed by atoms with Gasteiger partial charge in [-0.05, 0) is 50.5 Å². The number of aromatic nitrogens is 3. The van der Waals surface area contributed by atoms with Crippen LogP contribution in [0, 0.1) is 30.2 Å². The fourth-order valence-corrected chi connectivity index (χ4v) is 5.56. The second-order valence-electron chi connectivity index (χ2n) is 8.81. The predicted molar refractivity (Wildman–Crippen MR) is 112 cm³/mol. The molecule has 8 nitrogen and oxygen atoms in total. The van der Waals surface area contributed by atoms with Gasteiger partial charge in [-0.1, -0.05) is 6.42 Å². The largest absolute Gasteiger partial charge is 0.352 e. The first-order chi connectivity index (χ1) is 14.1. The van der Waals surface area contributed by atoms with Crippen LogP contribution in [0.2, 0.25) is 0 Å². The minimum Gasteiger partial charge on any atom is -0.352 e. The summed E-state index contributed by atoms with van der Waals surface area (Å²) in [5.41, 5.74) is 2.04. The number of aryl methyl sites for hydroxylation is 1. The van der Waals surface area contributed by atoms with Crippen LogP contribution >= 0.6 is 0 Å². The number of nitrogens with zero attached hydrogens (tertiary/aromatic N) is 6. The van der Waals surface area contributed by atoms with Gasteiger partial charge in [0.15, 0.2) is 6.19 Å². The van der Waals surface area contributed by atoms with E-state index < -0.39 is 0 Å². The second-order valence-corrected chi connectivity index (χ2v) is 8.81. The van der Waals surface area contributed by atoms with Gasteiger partial charge in [-0.2, -0.15) is 5.26 Å². The van der Waals surface area contributed by atoms with Crippen molar-refractivity contribution < 1.29 is 0 Å². The molecular weight excluding hydrogens is 364 g/mol. The Balaban J connectivity index is 1.36. The standard InChI is InChI=1S/C21H28N8/c1-13-9-23-19-18(13)20(26-12-25-19)28-5-6-29(14(2)10-28)21(24-11-22)27-17-8-15-3-4-16(17)7-15/h9,12,14-17H,3-8,10H2,1-2H3,(H,24,27)(H,23,25,26)/t14-,15?,16?,17?/m0/s1. The predicted octanol–water partition coefficient (Wildman–Crippen LogP) is 2.39. The van der Waals surface area contributed by atoms with E-state index in [9.17, 15) is 5.26 Å². The van der Waals surface area contributed by atoms with E-state index in [1.807, 2.05) is 6.20 Å². The number of hydrogen-bond donors (Lipinski definition) is 2. The Morgan fingerprint density at radius 3 is 2.93 bits per heavy atom. The molecule has 2 saturated carbocycles. The quantitative estimate of drug-likeness (QED) is 0.353. The Bertz CT molecular complexity index is 973. The summed E-state index contributed by atoms with van der Waals surface area (Å²) in [6, 6.07) is 0.602. The number of H-pyrrole nitrogens is 1. The summed E-state index contributed by atoms with van der Waals surface area (Å²) in [5, 5.41) is 13.3. The Labute approximate surface area is 171 Å². The number of anilines is 1. The zero-order valence-electron chi connectivity index (χ0n) is 17.1. The maximum absolute atomic E-state index is 9.32. The van der Waals surface area contributed by atoms with Crippen LogP contribution in [-0.4, -0.2) is 57.5 Å². The van der Waals surface area contributed by atoms with Crippen molar-refractivity contribution in [3.05, 3.63) is 18.1 Å². The van der Waals surface area contributed by atoms with Crippen LogP contribution in [0.3, 0.4) is 0 Å². The number of fused-ring (bicyclic) bond motifs is 3. The maximum atomic E-state index is 9.32. The summed E-state index contributed by atoms with van der Waals surface area (Å²) in [7, 11) is 0. The lowest BCUT2D eigenvalue weighted by molar-refractivity contribution is 0.287. The van der Waals surface area contributed by atoms with Gasteiger partial charge in [0, 0.05) is 31.9 Å². The number of guanidine groups is 1. The first-order valence-electron chi connectivity index (χ1n) is 10.7. The zero-order chi connectivity index (χ0) is 20.0. The molecule has 0 aromatic carbocycles. The molecule has 8 heteroatoms. The lowest BCUT2D eigenvalue weighted by atomic mass is 9.96. The number of nitriles is 1. The van der Waals surface area contributed by atoms with Crippen molar-refractivity contribution in [1.29, 1.82) is 5.26 Å². The van der Waals surface area contributed by atoms with Crippen LogP contribution in [0.15, 0.2) is 17.5 Å². The van der Waals surface area contributed by atoms with E-state index in [2.05, 4.69) is 50.1 Å². The molecule has 0 radical (unpaired) electrons. The van der Waals surface area contributed by atoms with Crippen molar-refractivity contribution in [2.24, 2.45) is 16.8 Å². The van der Waals surface area contributed by atoms with Gasteiger partial charge >= 0.3 is 0 Å². The average Bonchev–Trinajstić information content (AvgIpc) is 3.44. The van der Waals surface area contributed by atoms with Crippen LogP contribution in [0.1, 0.15) is 38.2 Å². The number of aliphatic imine (C=N–C) groups is 1. The number of hydrogen-bond acceptors (Lipinski definition) is 5. The second kappa shape index (κ2) is 7.21. The highest BCUT2D eigenvalue weighted by atomic mass is 15.4. The maximum Gasteiger partial charge on any atom is 0.208 e. The molecule has 5 rings (SSSR count). The van der Waals surface area contributed by atoms with Gasteiger partial charge in [-0.3, -0.25) is 5.32 Å². The average molecular weight is 393 g/mol.